The summed E-state index contributed by atoms with van der Waals surface area (Å²) >= 11 is 0. The molecule has 0 aromatic rings. The zero-order valence-electron chi connectivity index (χ0n) is 31.5. The van der Waals surface area contributed by atoms with Gasteiger partial charge in [0.25, 0.3) is 0 Å². The second-order valence-electron chi connectivity index (χ2n) is 18.8. The molecule has 43 heavy (non-hydrogen) atoms. The molecule has 6 atom stereocenters. The standard InChI is InChI=1S/C39H74O2Si2/c1-17-25-39(12)32(23-24-34(39)29(2)20-19-26-38(10,11)40)22-18-21-31-27-33(42(13,14)36(4,5)6)28-35(30(31)3)41-43(15,16)37(7,8)9/h18,21-22,29,32-35,40H,3,17,19-20,23-28H2,1-2,4-16H3/t29-,32-,33-,34-,35+,39+/m1/s1. The van der Waals surface area contributed by atoms with Gasteiger partial charge in [-0.05, 0) is 115 Å². The van der Waals surface area contributed by atoms with Crippen LogP contribution in [0.3, 0.4) is 0 Å². The fourth-order valence-corrected chi connectivity index (χ4v) is 12.0. The third kappa shape index (κ3) is 9.55. The molecule has 250 valence electrons. The highest BCUT2D eigenvalue weighted by molar-refractivity contribution is 6.81. The molecule has 2 rings (SSSR count). The summed E-state index contributed by atoms with van der Waals surface area (Å²) in [7, 11) is -3.49. The molecule has 2 aliphatic rings. The fraction of sp³-hybridized carbons (Fsp3) is 0.846. The van der Waals surface area contributed by atoms with Gasteiger partial charge in [0.15, 0.2) is 8.32 Å². The maximum atomic E-state index is 10.2. The van der Waals surface area contributed by atoms with Crippen molar-refractivity contribution >= 4 is 16.4 Å². The molecule has 0 unspecified atom stereocenters. The summed E-state index contributed by atoms with van der Waals surface area (Å²) in [6, 6.07) is 0. The van der Waals surface area contributed by atoms with Gasteiger partial charge in [0, 0.05) is 0 Å². The van der Waals surface area contributed by atoms with E-state index in [1.54, 1.807) is 0 Å². The summed E-state index contributed by atoms with van der Waals surface area (Å²) in [5, 5.41) is 10.8. The maximum absolute atomic E-state index is 10.2. The SMILES string of the molecule is C=C1C(=CC=C[C@@H]2CC[C@H]([C@H](C)CCCC(C)(C)O)[C@@]2(C)CCC)C[C@@H]([Si](C)(C)C(C)(C)C)C[C@@H]1O[Si](C)(C)C(C)(C)C. The topological polar surface area (TPSA) is 29.5 Å². The zero-order chi connectivity index (χ0) is 33.2. The van der Waals surface area contributed by atoms with Crippen LogP contribution in [0.5, 0.6) is 0 Å². The molecule has 0 amide bonds. The summed E-state index contributed by atoms with van der Waals surface area (Å²) < 4.78 is 7.14. The lowest BCUT2D eigenvalue weighted by atomic mass is 9.66. The van der Waals surface area contributed by atoms with Crippen molar-refractivity contribution in [2.24, 2.45) is 23.2 Å². The lowest BCUT2D eigenvalue weighted by molar-refractivity contribution is 0.0619. The lowest BCUT2D eigenvalue weighted by Crippen LogP contribution is -2.49. The second-order valence-corrected chi connectivity index (χ2v) is 29.3. The van der Waals surface area contributed by atoms with Gasteiger partial charge in [0.1, 0.15) is 0 Å². The number of rotatable bonds is 12. The van der Waals surface area contributed by atoms with Gasteiger partial charge in [0.05, 0.1) is 19.8 Å². The van der Waals surface area contributed by atoms with Crippen LogP contribution in [0, 0.1) is 23.2 Å². The Kier molecular flexibility index (Phi) is 12.7. The normalized spacial score (nSPS) is 30.0. The van der Waals surface area contributed by atoms with Crippen LogP contribution in [0.1, 0.15) is 134 Å². The summed E-state index contributed by atoms with van der Waals surface area (Å²) in [5.41, 5.74) is 3.17. The van der Waals surface area contributed by atoms with E-state index < -0.39 is 22.0 Å². The highest BCUT2D eigenvalue weighted by Gasteiger charge is 2.48. The van der Waals surface area contributed by atoms with Crippen LogP contribution in [-0.2, 0) is 4.43 Å². The first-order valence-electron chi connectivity index (χ1n) is 17.8. The van der Waals surface area contributed by atoms with Crippen LogP contribution in [-0.4, -0.2) is 33.2 Å². The van der Waals surface area contributed by atoms with E-state index >= 15 is 0 Å². The molecule has 0 heterocycles. The van der Waals surface area contributed by atoms with Crippen molar-refractivity contribution in [3.05, 3.63) is 36.0 Å². The van der Waals surface area contributed by atoms with Gasteiger partial charge in [-0.3, -0.25) is 0 Å². The molecule has 0 aliphatic heterocycles. The third-order valence-electron chi connectivity index (χ3n) is 13.0. The van der Waals surface area contributed by atoms with Crippen molar-refractivity contribution in [3.63, 3.8) is 0 Å². The smallest absolute Gasteiger partial charge is 0.192 e. The van der Waals surface area contributed by atoms with E-state index in [1.807, 2.05) is 13.8 Å². The van der Waals surface area contributed by atoms with Crippen LogP contribution >= 0.6 is 0 Å². The van der Waals surface area contributed by atoms with Gasteiger partial charge < -0.3 is 9.53 Å². The number of hydrogen-bond acceptors (Lipinski definition) is 2. The van der Waals surface area contributed by atoms with E-state index in [9.17, 15) is 5.11 Å². The number of allylic oxidation sites excluding steroid dienone is 3. The van der Waals surface area contributed by atoms with Gasteiger partial charge in [-0.1, -0.05) is 119 Å². The van der Waals surface area contributed by atoms with E-state index in [4.69, 9.17) is 11.0 Å². The first-order valence-corrected chi connectivity index (χ1v) is 23.8. The van der Waals surface area contributed by atoms with Crippen LogP contribution in [0.25, 0.3) is 0 Å². The minimum Gasteiger partial charge on any atom is -0.410 e. The molecule has 2 saturated carbocycles. The molecule has 0 aromatic heterocycles. The van der Waals surface area contributed by atoms with E-state index in [-0.39, 0.29) is 11.1 Å². The van der Waals surface area contributed by atoms with Crippen molar-refractivity contribution < 1.29 is 9.53 Å². The van der Waals surface area contributed by atoms with Crippen LogP contribution in [0.15, 0.2) is 36.0 Å². The van der Waals surface area contributed by atoms with Gasteiger partial charge in [-0.15, -0.1) is 0 Å². The van der Waals surface area contributed by atoms with E-state index in [0.29, 0.717) is 27.8 Å². The Morgan fingerprint density at radius 3 is 2.14 bits per heavy atom. The highest BCUT2D eigenvalue weighted by atomic mass is 28.4. The largest absolute Gasteiger partial charge is 0.410 e. The summed E-state index contributed by atoms with van der Waals surface area (Å²) in [4.78, 5) is 0. The molecule has 2 aliphatic carbocycles. The maximum Gasteiger partial charge on any atom is 0.192 e. The van der Waals surface area contributed by atoms with Crippen LogP contribution in [0.2, 0.25) is 41.8 Å². The Labute approximate surface area is 271 Å². The molecule has 0 radical (unpaired) electrons. The van der Waals surface area contributed by atoms with Gasteiger partial charge in [0.2, 0.25) is 0 Å². The Morgan fingerprint density at radius 1 is 1.02 bits per heavy atom. The van der Waals surface area contributed by atoms with Crippen LogP contribution in [0.4, 0.5) is 0 Å². The minimum atomic E-state index is -1.92. The fourth-order valence-electron chi connectivity index (χ4n) is 7.89. The second kappa shape index (κ2) is 14.1. The third-order valence-corrected chi connectivity index (χ3v) is 23.8. The Morgan fingerprint density at radius 2 is 1.63 bits per heavy atom. The average Bonchev–Trinajstić information content (AvgIpc) is 3.14. The lowest BCUT2D eigenvalue weighted by Gasteiger charge is -2.49. The number of hydrogen-bond donors (Lipinski definition) is 1. The molecular formula is C39H74O2Si2. The van der Waals surface area contributed by atoms with Crippen molar-refractivity contribution in [3.8, 4) is 0 Å². The van der Waals surface area contributed by atoms with Gasteiger partial charge in [-0.2, -0.15) is 0 Å². The molecule has 0 bridgehead atoms. The molecule has 2 fully saturated rings. The van der Waals surface area contributed by atoms with Gasteiger partial charge in [-0.25, -0.2) is 0 Å². The Bertz CT molecular complexity index is 984. The first-order chi connectivity index (χ1) is 19.4. The molecule has 4 heteroatoms. The molecule has 0 saturated heterocycles. The summed E-state index contributed by atoms with van der Waals surface area (Å²) in [6.07, 6.45) is 18.2. The van der Waals surface area contributed by atoms with Gasteiger partial charge >= 0.3 is 0 Å². The first kappa shape index (κ1) is 38.8. The quantitative estimate of drug-likeness (QED) is 0.217. The van der Waals surface area contributed by atoms with E-state index in [0.717, 1.165) is 31.6 Å². The van der Waals surface area contributed by atoms with Crippen molar-refractivity contribution in [1.29, 1.82) is 0 Å². The summed E-state index contributed by atoms with van der Waals surface area (Å²) in [6.45, 7) is 40.5. The predicted octanol–water partition coefficient (Wildman–Crippen LogP) is 12.5. The molecule has 2 nitrogen and oxygen atoms in total. The molecular weight excluding hydrogens is 557 g/mol. The van der Waals surface area contributed by atoms with Crippen molar-refractivity contribution in [2.75, 3.05) is 0 Å². The molecule has 0 aromatic carbocycles. The predicted molar refractivity (Wildman–Crippen MR) is 197 cm³/mol. The van der Waals surface area contributed by atoms with Crippen LogP contribution < -0.4 is 0 Å². The highest BCUT2D eigenvalue weighted by Crippen LogP contribution is 2.56. The average molecular weight is 631 g/mol. The monoisotopic (exact) mass is 631 g/mol. The van der Waals surface area contributed by atoms with E-state index in [2.05, 4.69) is 107 Å². The number of aliphatic hydroxyl groups is 1. The van der Waals surface area contributed by atoms with Crippen molar-refractivity contribution in [1.82, 2.24) is 0 Å². The zero-order valence-corrected chi connectivity index (χ0v) is 33.5. The molecule has 1 N–H and O–H groups in total. The van der Waals surface area contributed by atoms with Crippen molar-refractivity contribution in [2.45, 2.75) is 187 Å². The van der Waals surface area contributed by atoms with E-state index in [1.165, 1.54) is 43.3 Å². The Balaban J connectivity index is 2.34. The Hall–Kier alpha value is -0.426. The molecule has 0 spiro atoms. The minimum absolute atomic E-state index is 0.138. The summed E-state index contributed by atoms with van der Waals surface area (Å²) in [5.74, 6) is 2.08.